The number of aromatic nitrogens is 4. The molecule has 7 nitrogen and oxygen atoms in total. The molecule has 0 atom stereocenters. The molecule has 0 fully saturated rings. The first kappa shape index (κ1) is 16.8. The number of aryl methyl sites for hydroxylation is 2. The number of pyridine rings is 1. The van der Waals surface area contributed by atoms with Gasteiger partial charge in [0, 0.05) is 42.5 Å². The van der Waals surface area contributed by atoms with E-state index in [1.54, 1.807) is 46.1 Å². The van der Waals surface area contributed by atoms with Gasteiger partial charge in [-0.3, -0.25) is 4.79 Å². The van der Waals surface area contributed by atoms with Gasteiger partial charge in [-0.05, 0) is 24.6 Å². The van der Waals surface area contributed by atoms with E-state index < -0.39 is 5.97 Å². The number of aromatic amines is 1. The van der Waals surface area contributed by atoms with Crippen LogP contribution in [0.1, 0.15) is 16.8 Å². The smallest absolute Gasteiger partial charge is 0.335 e. The molecular formula is C20H18N4O3. The Morgan fingerprint density at radius 2 is 2.19 bits per heavy atom. The van der Waals surface area contributed by atoms with Crippen LogP contribution in [0.5, 0.6) is 0 Å². The molecule has 27 heavy (non-hydrogen) atoms. The molecule has 4 aromatic rings. The summed E-state index contributed by atoms with van der Waals surface area (Å²) in [6, 6.07) is 5.05. The van der Waals surface area contributed by atoms with Gasteiger partial charge in [0.25, 0.3) is 5.56 Å². The van der Waals surface area contributed by atoms with E-state index in [9.17, 15) is 14.7 Å². The molecular weight excluding hydrogens is 344 g/mol. The number of carboxylic acid groups (broad SMARTS) is 1. The molecule has 0 saturated heterocycles. The van der Waals surface area contributed by atoms with Gasteiger partial charge >= 0.3 is 5.97 Å². The van der Waals surface area contributed by atoms with Crippen molar-refractivity contribution in [2.75, 3.05) is 0 Å². The summed E-state index contributed by atoms with van der Waals surface area (Å²) in [6.45, 7) is 4.21. The average Bonchev–Trinajstić information content (AvgIpc) is 3.28. The molecule has 0 aliphatic heterocycles. The maximum Gasteiger partial charge on any atom is 0.335 e. The molecule has 0 spiro atoms. The fourth-order valence-electron chi connectivity index (χ4n) is 3.37. The lowest BCUT2D eigenvalue weighted by Gasteiger charge is -2.11. The van der Waals surface area contributed by atoms with E-state index >= 15 is 0 Å². The van der Waals surface area contributed by atoms with Gasteiger partial charge in [0.2, 0.25) is 0 Å². The Morgan fingerprint density at radius 3 is 2.93 bits per heavy atom. The van der Waals surface area contributed by atoms with Crippen LogP contribution in [-0.2, 0) is 13.6 Å². The van der Waals surface area contributed by atoms with Crippen molar-refractivity contribution in [1.29, 1.82) is 0 Å². The van der Waals surface area contributed by atoms with E-state index in [1.165, 1.54) is 0 Å². The third kappa shape index (κ3) is 2.64. The van der Waals surface area contributed by atoms with Crippen molar-refractivity contribution < 1.29 is 9.90 Å². The summed E-state index contributed by atoms with van der Waals surface area (Å²) in [5.74, 6) is -1.01. The summed E-state index contributed by atoms with van der Waals surface area (Å²) in [4.78, 5) is 31.8. The van der Waals surface area contributed by atoms with Crippen LogP contribution in [0, 0.1) is 0 Å². The van der Waals surface area contributed by atoms with Crippen LogP contribution in [0.2, 0.25) is 0 Å². The first-order chi connectivity index (χ1) is 13.0. The topological polar surface area (TPSA) is 92.9 Å². The summed E-state index contributed by atoms with van der Waals surface area (Å²) in [5.41, 5.74) is 3.41. The van der Waals surface area contributed by atoms with Gasteiger partial charge in [-0.1, -0.05) is 6.08 Å². The zero-order valence-corrected chi connectivity index (χ0v) is 14.8. The molecule has 0 amide bonds. The van der Waals surface area contributed by atoms with E-state index in [0.29, 0.717) is 29.6 Å². The average molecular weight is 362 g/mol. The summed E-state index contributed by atoms with van der Waals surface area (Å²) in [6.07, 6.45) is 7.55. The number of rotatable bonds is 5. The van der Waals surface area contributed by atoms with Gasteiger partial charge in [0.1, 0.15) is 5.52 Å². The minimum absolute atomic E-state index is 0.118. The number of H-pyrrole nitrogens is 1. The molecule has 0 aliphatic carbocycles. The Kier molecular flexibility index (Phi) is 3.92. The summed E-state index contributed by atoms with van der Waals surface area (Å²) < 4.78 is 3.41. The highest BCUT2D eigenvalue weighted by molar-refractivity contribution is 6.05. The molecule has 7 heteroatoms. The van der Waals surface area contributed by atoms with Crippen molar-refractivity contribution in [2.24, 2.45) is 7.05 Å². The van der Waals surface area contributed by atoms with Crippen molar-refractivity contribution in [2.45, 2.75) is 13.0 Å². The van der Waals surface area contributed by atoms with Crippen molar-refractivity contribution in [3.63, 3.8) is 0 Å². The Morgan fingerprint density at radius 1 is 1.37 bits per heavy atom. The van der Waals surface area contributed by atoms with Crippen molar-refractivity contribution >= 4 is 27.9 Å². The monoisotopic (exact) mass is 362 g/mol. The first-order valence-corrected chi connectivity index (χ1v) is 8.51. The lowest BCUT2D eigenvalue weighted by atomic mass is 9.99. The number of aromatic carboxylic acids is 1. The van der Waals surface area contributed by atoms with Crippen molar-refractivity contribution in [3.05, 3.63) is 65.5 Å². The summed E-state index contributed by atoms with van der Waals surface area (Å²) >= 11 is 0. The second-order valence-corrected chi connectivity index (χ2v) is 6.44. The summed E-state index contributed by atoms with van der Waals surface area (Å²) in [7, 11) is 1.82. The number of hydrogen-bond acceptors (Lipinski definition) is 3. The van der Waals surface area contributed by atoms with Crippen molar-refractivity contribution in [3.8, 4) is 11.1 Å². The molecule has 2 N–H and O–H groups in total. The first-order valence-electron chi connectivity index (χ1n) is 8.51. The van der Waals surface area contributed by atoms with E-state index in [0.717, 1.165) is 16.5 Å². The van der Waals surface area contributed by atoms with E-state index in [4.69, 9.17) is 0 Å². The number of hydrogen-bond donors (Lipinski definition) is 2. The minimum atomic E-state index is -1.01. The maximum absolute atomic E-state index is 12.7. The Balaban J connectivity index is 2.09. The third-order valence-corrected chi connectivity index (χ3v) is 4.74. The highest BCUT2D eigenvalue weighted by Gasteiger charge is 2.18. The fraction of sp³-hybridized carbons (Fsp3) is 0.150. The number of nitrogens with zero attached hydrogens (tertiary/aromatic N) is 3. The predicted octanol–water partition coefficient (Wildman–Crippen LogP) is 3.16. The number of allylic oxidation sites excluding steroid dienone is 1. The van der Waals surface area contributed by atoms with Crippen LogP contribution in [0.25, 0.3) is 33.1 Å². The predicted molar refractivity (Wildman–Crippen MR) is 104 cm³/mol. The molecule has 0 unspecified atom stereocenters. The normalized spacial score (nSPS) is 11.3. The van der Waals surface area contributed by atoms with Gasteiger partial charge in [-0.25, -0.2) is 9.78 Å². The SMILES string of the molecule is C=CCCn1cc(-c2cc(C(=O)O)cc3c2ncn3C)c2cc[nH]c2c1=O. The van der Waals surface area contributed by atoms with E-state index in [2.05, 4.69) is 16.5 Å². The third-order valence-electron chi connectivity index (χ3n) is 4.74. The van der Waals surface area contributed by atoms with Gasteiger partial charge in [-0.15, -0.1) is 6.58 Å². The number of nitrogens with one attached hydrogen (secondary N) is 1. The Labute approximate surface area is 154 Å². The lowest BCUT2D eigenvalue weighted by molar-refractivity contribution is 0.0697. The number of benzene rings is 1. The zero-order valence-electron chi connectivity index (χ0n) is 14.8. The van der Waals surface area contributed by atoms with Gasteiger partial charge < -0.3 is 19.2 Å². The minimum Gasteiger partial charge on any atom is -0.478 e. The molecule has 136 valence electrons. The van der Waals surface area contributed by atoms with Crippen LogP contribution < -0.4 is 5.56 Å². The van der Waals surface area contributed by atoms with Crippen LogP contribution in [0.3, 0.4) is 0 Å². The number of imidazole rings is 1. The van der Waals surface area contributed by atoms with E-state index in [1.807, 2.05) is 13.1 Å². The number of carbonyl (C=O) groups is 1. The second-order valence-electron chi connectivity index (χ2n) is 6.44. The van der Waals surface area contributed by atoms with Crippen molar-refractivity contribution in [1.82, 2.24) is 19.1 Å². The number of fused-ring (bicyclic) bond motifs is 2. The molecule has 0 aliphatic rings. The van der Waals surface area contributed by atoms with Crippen LogP contribution >= 0.6 is 0 Å². The maximum atomic E-state index is 12.7. The highest BCUT2D eigenvalue weighted by Crippen LogP contribution is 2.33. The zero-order chi connectivity index (χ0) is 19.1. The molecule has 3 heterocycles. The Bertz CT molecular complexity index is 1260. The standard InChI is InChI=1S/C20H18N4O3/c1-3-4-7-24-10-15(13-5-6-21-18(13)19(24)25)14-8-12(20(26)27)9-16-17(14)22-11-23(16)2/h3,5-6,8-11,21H,1,4,7H2,2H3,(H,26,27). The molecule has 0 radical (unpaired) electrons. The highest BCUT2D eigenvalue weighted by atomic mass is 16.4. The molecule has 4 rings (SSSR count). The molecule has 0 bridgehead atoms. The quantitative estimate of drug-likeness (QED) is 0.533. The van der Waals surface area contributed by atoms with Crippen LogP contribution in [-0.4, -0.2) is 30.2 Å². The second kappa shape index (κ2) is 6.28. The van der Waals surface area contributed by atoms with E-state index in [-0.39, 0.29) is 11.1 Å². The van der Waals surface area contributed by atoms with Gasteiger partial charge in [-0.2, -0.15) is 0 Å². The summed E-state index contributed by atoms with van der Waals surface area (Å²) in [5, 5.41) is 10.3. The number of carboxylic acids is 1. The van der Waals surface area contributed by atoms with Crippen LogP contribution in [0.15, 0.2) is 54.4 Å². The molecule has 3 aromatic heterocycles. The van der Waals surface area contributed by atoms with Gasteiger partial charge in [0.05, 0.1) is 22.9 Å². The Hall–Kier alpha value is -3.61. The van der Waals surface area contributed by atoms with Gasteiger partial charge in [0.15, 0.2) is 0 Å². The largest absolute Gasteiger partial charge is 0.478 e. The van der Waals surface area contributed by atoms with Crippen LogP contribution in [0.4, 0.5) is 0 Å². The fourth-order valence-corrected chi connectivity index (χ4v) is 3.37. The molecule has 0 saturated carbocycles. The molecule has 1 aromatic carbocycles. The lowest BCUT2D eigenvalue weighted by Crippen LogP contribution is -2.20.